The average Bonchev–Trinajstić information content (AvgIpc) is 3.23. The Morgan fingerprint density at radius 3 is 2.48 bits per heavy atom. The second-order valence-corrected chi connectivity index (χ2v) is 6.57. The lowest BCUT2D eigenvalue weighted by Crippen LogP contribution is -2.14. The Morgan fingerprint density at radius 1 is 1.04 bits per heavy atom. The first-order chi connectivity index (χ1) is 13.1. The van der Waals surface area contributed by atoms with Crippen LogP contribution in [0.3, 0.4) is 0 Å². The van der Waals surface area contributed by atoms with E-state index in [9.17, 15) is 9.59 Å². The topological polar surface area (TPSA) is 97.1 Å². The third-order valence-corrected chi connectivity index (χ3v) is 4.54. The molecule has 138 valence electrons. The molecule has 3 rings (SSSR count). The van der Waals surface area contributed by atoms with Crippen molar-refractivity contribution < 1.29 is 14.0 Å². The van der Waals surface area contributed by atoms with E-state index in [2.05, 4.69) is 27.8 Å². The Bertz CT molecular complexity index is 894. The minimum atomic E-state index is -0.400. The van der Waals surface area contributed by atoms with Crippen LogP contribution in [0.1, 0.15) is 23.0 Å². The Labute approximate surface area is 160 Å². The number of aryl methyl sites for hydroxylation is 1. The van der Waals surface area contributed by atoms with Gasteiger partial charge in [0.05, 0.1) is 12.0 Å². The monoisotopic (exact) mass is 382 g/mol. The summed E-state index contributed by atoms with van der Waals surface area (Å²) in [6.45, 7) is 2.08. The summed E-state index contributed by atoms with van der Waals surface area (Å²) >= 11 is 1.26. The van der Waals surface area contributed by atoms with Gasteiger partial charge < -0.3 is 15.1 Å². The summed E-state index contributed by atoms with van der Waals surface area (Å²) in [5.41, 5.74) is 1.98. The number of hydrogen-bond donors (Lipinski definition) is 2. The van der Waals surface area contributed by atoms with Crippen LogP contribution >= 0.6 is 11.8 Å². The minimum Gasteiger partial charge on any atom is -0.459 e. The number of carbonyl (C=O) groups is 2. The van der Waals surface area contributed by atoms with Gasteiger partial charge in [0.25, 0.3) is 5.91 Å². The van der Waals surface area contributed by atoms with E-state index in [4.69, 9.17) is 4.42 Å². The lowest BCUT2D eigenvalue weighted by atomic mass is 10.1. The number of nitrogens with one attached hydrogen (secondary N) is 2. The fourth-order valence-corrected chi connectivity index (χ4v) is 2.82. The van der Waals surface area contributed by atoms with E-state index in [0.717, 1.165) is 12.1 Å². The molecule has 3 aromatic rings. The van der Waals surface area contributed by atoms with Crippen molar-refractivity contribution >= 4 is 35.1 Å². The second kappa shape index (κ2) is 9.00. The van der Waals surface area contributed by atoms with Crippen LogP contribution in [0.4, 0.5) is 11.5 Å². The van der Waals surface area contributed by atoms with Gasteiger partial charge in [0.1, 0.15) is 5.03 Å². The molecule has 0 aliphatic carbocycles. The number of aromatic nitrogens is 2. The number of furan rings is 1. The molecule has 0 bridgehead atoms. The van der Waals surface area contributed by atoms with Gasteiger partial charge in [0, 0.05) is 5.69 Å². The van der Waals surface area contributed by atoms with Crippen LogP contribution in [0, 0.1) is 0 Å². The Morgan fingerprint density at radius 2 is 1.85 bits per heavy atom. The molecule has 0 radical (unpaired) electrons. The summed E-state index contributed by atoms with van der Waals surface area (Å²) in [5, 5.41) is 13.9. The van der Waals surface area contributed by atoms with Gasteiger partial charge in [-0.2, -0.15) is 0 Å². The number of anilines is 2. The minimum absolute atomic E-state index is 0.124. The molecule has 0 saturated carbocycles. The first-order valence-corrected chi connectivity index (χ1v) is 9.33. The highest BCUT2D eigenvalue weighted by Crippen LogP contribution is 2.17. The van der Waals surface area contributed by atoms with Gasteiger partial charge in [-0.25, -0.2) is 0 Å². The van der Waals surface area contributed by atoms with E-state index >= 15 is 0 Å². The number of benzene rings is 1. The number of carbonyl (C=O) groups excluding carboxylic acids is 2. The summed E-state index contributed by atoms with van der Waals surface area (Å²) in [7, 11) is 0. The summed E-state index contributed by atoms with van der Waals surface area (Å²) in [6, 6.07) is 14.3. The molecule has 2 heterocycles. The number of hydrogen-bond acceptors (Lipinski definition) is 6. The Balaban J connectivity index is 1.47. The molecular weight excluding hydrogens is 364 g/mol. The smallest absolute Gasteiger partial charge is 0.292 e. The molecule has 1 aromatic carbocycles. The van der Waals surface area contributed by atoms with E-state index in [1.54, 1.807) is 24.3 Å². The van der Waals surface area contributed by atoms with E-state index in [1.807, 2.05) is 24.3 Å². The Kier molecular flexibility index (Phi) is 6.22. The maximum absolute atomic E-state index is 12.0. The largest absolute Gasteiger partial charge is 0.459 e. The molecule has 27 heavy (non-hydrogen) atoms. The maximum atomic E-state index is 12.0. The molecule has 0 spiro atoms. The van der Waals surface area contributed by atoms with Crippen molar-refractivity contribution in [3.8, 4) is 0 Å². The molecule has 2 N–H and O–H groups in total. The van der Waals surface area contributed by atoms with Crippen LogP contribution < -0.4 is 10.6 Å². The van der Waals surface area contributed by atoms with Crippen LogP contribution in [0.2, 0.25) is 0 Å². The summed E-state index contributed by atoms with van der Waals surface area (Å²) in [6.07, 6.45) is 2.38. The van der Waals surface area contributed by atoms with Gasteiger partial charge in [-0.05, 0) is 48.4 Å². The molecule has 0 unspecified atom stereocenters. The lowest BCUT2D eigenvalue weighted by molar-refractivity contribution is -0.113. The van der Waals surface area contributed by atoms with Gasteiger partial charge in [-0.15, -0.1) is 10.2 Å². The van der Waals surface area contributed by atoms with Gasteiger partial charge in [0.2, 0.25) is 5.91 Å². The molecule has 0 fully saturated rings. The zero-order valence-electron chi connectivity index (χ0n) is 14.6. The molecule has 2 aromatic heterocycles. The zero-order chi connectivity index (χ0) is 19.1. The Hall–Kier alpha value is -3.13. The maximum Gasteiger partial charge on any atom is 0.292 e. The van der Waals surface area contributed by atoms with Crippen LogP contribution in [-0.2, 0) is 11.2 Å². The molecule has 0 atom stereocenters. The molecule has 7 nitrogen and oxygen atoms in total. The van der Waals surface area contributed by atoms with E-state index in [1.165, 1.54) is 23.6 Å². The third kappa shape index (κ3) is 5.42. The number of amides is 2. The lowest BCUT2D eigenvalue weighted by Gasteiger charge is -2.06. The SMILES string of the molecule is CCc1ccc(NC(=O)CSc2ccc(NC(=O)c3ccco3)nn2)cc1. The quantitative estimate of drug-likeness (QED) is 0.606. The van der Waals surface area contributed by atoms with E-state index < -0.39 is 5.91 Å². The fourth-order valence-electron chi connectivity index (χ4n) is 2.21. The zero-order valence-corrected chi connectivity index (χ0v) is 15.5. The van der Waals surface area contributed by atoms with Crippen molar-refractivity contribution in [1.29, 1.82) is 0 Å². The van der Waals surface area contributed by atoms with Crippen molar-refractivity contribution in [2.75, 3.05) is 16.4 Å². The molecule has 8 heteroatoms. The molecule has 0 aliphatic rings. The van der Waals surface area contributed by atoms with Gasteiger partial charge in [-0.3, -0.25) is 9.59 Å². The molecule has 0 aliphatic heterocycles. The van der Waals surface area contributed by atoms with Crippen molar-refractivity contribution in [2.45, 2.75) is 18.4 Å². The van der Waals surface area contributed by atoms with Gasteiger partial charge in [0.15, 0.2) is 11.6 Å². The van der Waals surface area contributed by atoms with Gasteiger partial charge >= 0.3 is 0 Å². The fraction of sp³-hybridized carbons (Fsp3) is 0.158. The highest BCUT2D eigenvalue weighted by atomic mass is 32.2. The van der Waals surface area contributed by atoms with Crippen LogP contribution in [0.15, 0.2) is 64.2 Å². The molecule has 0 saturated heterocycles. The van der Waals surface area contributed by atoms with E-state index in [0.29, 0.717) is 10.8 Å². The van der Waals surface area contributed by atoms with Crippen LogP contribution in [0.5, 0.6) is 0 Å². The summed E-state index contributed by atoms with van der Waals surface area (Å²) < 4.78 is 5.01. The molecular formula is C19H18N4O3S. The van der Waals surface area contributed by atoms with Crippen molar-refractivity contribution in [3.05, 3.63) is 66.1 Å². The normalized spacial score (nSPS) is 10.4. The van der Waals surface area contributed by atoms with Crippen molar-refractivity contribution in [3.63, 3.8) is 0 Å². The second-order valence-electron chi connectivity index (χ2n) is 5.58. The van der Waals surface area contributed by atoms with Crippen LogP contribution in [-0.4, -0.2) is 27.8 Å². The standard InChI is InChI=1S/C19H18N4O3S/c1-2-13-5-7-14(8-6-13)20-17(24)12-27-18-10-9-16(22-23-18)21-19(25)15-4-3-11-26-15/h3-11H,2,12H2,1H3,(H,20,24)(H,21,22,25). The molecule has 2 amide bonds. The van der Waals surface area contributed by atoms with Gasteiger partial charge in [-0.1, -0.05) is 30.8 Å². The third-order valence-electron chi connectivity index (χ3n) is 3.62. The number of thioether (sulfide) groups is 1. The highest BCUT2D eigenvalue weighted by Gasteiger charge is 2.10. The van der Waals surface area contributed by atoms with E-state index in [-0.39, 0.29) is 17.4 Å². The first-order valence-electron chi connectivity index (χ1n) is 8.34. The average molecular weight is 382 g/mol. The number of rotatable bonds is 7. The number of nitrogens with zero attached hydrogens (tertiary/aromatic N) is 2. The summed E-state index contributed by atoms with van der Waals surface area (Å²) in [4.78, 5) is 23.9. The predicted molar refractivity (Wildman–Crippen MR) is 104 cm³/mol. The van der Waals surface area contributed by atoms with Crippen molar-refractivity contribution in [2.24, 2.45) is 0 Å². The highest BCUT2D eigenvalue weighted by molar-refractivity contribution is 7.99. The van der Waals surface area contributed by atoms with Crippen LogP contribution in [0.25, 0.3) is 0 Å². The predicted octanol–water partition coefficient (Wildman–Crippen LogP) is 3.62. The summed E-state index contributed by atoms with van der Waals surface area (Å²) in [5.74, 6) is 0.187. The first kappa shape index (κ1) is 18.7. The van der Waals surface area contributed by atoms with Crippen molar-refractivity contribution in [1.82, 2.24) is 10.2 Å².